The van der Waals surface area contributed by atoms with Crippen molar-refractivity contribution in [1.82, 2.24) is 5.32 Å². The normalized spacial score (nSPS) is 13.8. The highest BCUT2D eigenvalue weighted by Crippen LogP contribution is 2.29. The summed E-state index contributed by atoms with van der Waals surface area (Å²) in [5.74, 6) is 0.381. The molecule has 1 aliphatic rings. The maximum atomic E-state index is 12.3. The Hall–Kier alpha value is -2.74. The fourth-order valence-electron chi connectivity index (χ4n) is 3.77. The van der Waals surface area contributed by atoms with Gasteiger partial charge in [-0.3, -0.25) is 9.10 Å². The predicted molar refractivity (Wildman–Crippen MR) is 124 cm³/mol. The van der Waals surface area contributed by atoms with Crippen LogP contribution in [0.3, 0.4) is 0 Å². The number of carbonyl (C=O) groups excluding carboxylic acids is 1. The van der Waals surface area contributed by atoms with Gasteiger partial charge in [0.05, 0.1) is 19.1 Å². The van der Waals surface area contributed by atoms with Gasteiger partial charge in [-0.25, -0.2) is 8.42 Å². The van der Waals surface area contributed by atoms with Crippen molar-refractivity contribution in [3.05, 3.63) is 54.1 Å². The summed E-state index contributed by atoms with van der Waals surface area (Å²) >= 11 is 0. The Balaban J connectivity index is 1.49. The van der Waals surface area contributed by atoms with Crippen LogP contribution in [0.15, 0.2) is 48.5 Å². The third-order valence-corrected chi connectivity index (χ3v) is 6.60. The highest BCUT2D eigenvalue weighted by Gasteiger charge is 2.20. The first kappa shape index (κ1) is 22.9. The number of benzene rings is 2. The number of amides is 1. The summed E-state index contributed by atoms with van der Waals surface area (Å²) in [6, 6.07) is 15.3. The van der Waals surface area contributed by atoms with Gasteiger partial charge in [-0.2, -0.15) is 0 Å². The zero-order chi connectivity index (χ0) is 22.3. The van der Waals surface area contributed by atoms with Crippen LogP contribution in [0.4, 0.5) is 11.4 Å². The molecular formula is C23H31N3O4S. The van der Waals surface area contributed by atoms with Crippen LogP contribution in [0.1, 0.15) is 31.2 Å². The van der Waals surface area contributed by atoms with E-state index in [1.54, 1.807) is 24.3 Å². The summed E-state index contributed by atoms with van der Waals surface area (Å²) in [4.78, 5) is 14.6. The van der Waals surface area contributed by atoms with Gasteiger partial charge in [0.2, 0.25) is 15.9 Å². The summed E-state index contributed by atoms with van der Waals surface area (Å²) in [6.45, 7) is 2.88. The van der Waals surface area contributed by atoms with Crippen LogP contribution in [0.2, 0.25) is 0 Å². The average molecular weight is 446 g/mol. The van der Waals surface area contributed by atoms with Gasteiger partial charge in [-0.05, 0) is 49.1 Å². The van der Waals surface area contributed by atoms with E-state index in [9.17, 15) is 13.2 Å². The number of hydrogen-bond acceptors (Lipinski definition) is 5. The Morgan fingerprint density at radius 2 is 1.77 bits per heavy atom. The second-order valence-electron chi connectivity index (χ2n) is 7.75. The van der Waals surface area contributed by atoms with E-state index < -0.39 is 10.0 Å². The number of carbonyl (C=O) groups is 1. The first-order valence-electron chi connectivity index (χ1n) is 10.6. The van der Waals surface area contributed by atoms with E-state index >= 15 is 0 Å². The number of methoxy groups -OCH3 is 1. The molecule has 2 aromatic carbocycles. The first-order chi connectivity index (χ1) is 14.9. The SMILES string of the molecule is COc1ccccc1N(CCCC(=O)NCc1ccc(N2CCCC2)cc1)S(C)(=O)=O. The molecular weight excluding hydrogens is 414 g/mol. The third kappa shape index (κ3) is 6.37. The van der Waals surface area contributed by atoms with Crippen molar-refractivity contribution in [1.29, 1.82) is 0 Å². The van der Waals surface area contributed by atoms with Crippen LogP contribution < -0.4 is 19.3 Å². The van der Waals surface area contributed by atoms with Crippen molar-refractivity contribution in [2.45, 2.75) is 32.2 Å². The van der Waals surface area contributed by atoms with Gasteiger partial charge in [0.15, 0.2) is 0 Å². The lowest BCUT2D eigenvalue weighted by Crippen LogP contribution is -2.32. The third-order valence-electron chi connectivity index (χ3n) is 5.42. The van der Waals surface area contributed by atoms with Crippen LogP contribution in [-0.4, -0.2) is 47.3 Å². The van der Waals surface area contributed by atoms with Gasteiger partial charge in [0.25, 0.3) is 0 Å². The lowest BCUT2D eigenvalue weighted by molar-refractivity contribution is -0.121. The monoisotopic (exact) mass is 445 g/mol. The van der Waals surface area contributed by atoms with Gasteiger partial charge in [0.1, 0.15) is 5.75 Å². The molecule has 1 saturated heterocycles. The molecule has 0 aromatic heterocycles. The maximum Gasteiger partial charge on any atom is 0.232 e. The van der Waals surface area contributed by atoms with Crippen molar-refractivity contribution in [2.75, 3.05) is 42.2 Å². The second-order valence-corrected chi connectivity index (χ2v) is 9.65. The highest BCUT2D eigenvalue weighted by atomic mass is 32.2. The van der Waals surface area contributed by atoms with Gasteiger partial charge >= 0.3 is 0 Å². The van der Waals surface area contributed by atoms with Crippen LogP contribution in [0, 0.1) is 0 Å². The van der Waals surface area contributed by atoms with E-state index in [0.717, 1.165) is 24.9 Å². The number of hydrogen-bond donors (Lipinski definition) is 1. The first-order valence-corrected chi connectivity index (χ1v) is 12.4. The molecule has 1 aliphatic heterocycles. The van der Waals surface area contributed by atoms with E-state index in [2.05, 4.69) is 22.3 Å². The van der Waals surface area contributed by atoms with Gasteiger partial charge in [-0.15, -0.1) is 0 Å². The van der Waals surface area contributed by atoms with Crippen LogP contribution in [-0.2, 0) is 21.4 Å². The van der Waals surface area contributed by atoms with Crippen molar-refractivity contribution in [3.63, 3.8) is 0 Å². The molecule has 0 bridgehead atoms. The van der Waals surface area contributed by atoms with E-state index in [4.69, 9.17) is 4.74 Å². The number of nitrogens with one attached hydrogen (secondary N) is 1. The molecule has 2 aromatic rings. The van der Waals surface area contributed by atoms with Crippen LogP contribution in [0.25, 0.3) is 0 Å². The summed E-state index contributed by atoms with van der Waals surface area (Å²) in [5.41, 5.74) is 2.75. The van der Waals surface area contributed by atoms with Crippen LogP contribution >= 0.6 is 0 Å². The molecule has 0 atom stereocenters. The fraction of sp³-hybridized carbons (Fsp3) is 0.435. The zero-order valence-electron chi connectivity index (χ0n) is 18.2. The van der Waals surface area contributed by atoms with E-state index in [-0.39, 0.29) is 18.9 Å². The molecule has 1 amide bonds. The van der Waals surface area contributed by atoms with Crippen LogP contribution in [0.5, 0.6) is 5.75 Å². The highest BCUT2D eigenvalue weighted by molar-refractivity contribution is 7.92. The standard InChI is InChI=1S/C23H31N3O4S/c1-30-22-9-4-3-8-21(22)26(31(2,28)29)17-7-10-23(27)24-18-19-11-13-20(14-12-19)25-15-5-6-16-25/h3-4,8-9,11-14H,5-7,10,15-18H2,1-2H3,(H,24,27). The minimum atomic E-state index is -3.50. The molecule has 0 unspecified atom stereocenters. The predicted octanol–water partition coefficient (Wildman–Crippen LogP) is 3.16. The fourth-order valence-corrected chi connectivity index (χ4v) is 4.74. The number of nitrogens with zero attached hydrogens (tertiary/aromatic N) is 2. The molecule has 0 saturated carbocycles. The molecule has 0 aliphatic carbocycles. The number of rotatable bonds is 10. The Kier molecular flexibility index (Phi) is 7.79. The molecule has 1 fully saturated rings. The lowest BCUT2D eigenvalue weighted by atomic mass is 10.2. The molecule has 3 rings (SSSR count). The van der Waals surface area contributed by atoms with Crippen molar-refractivity contribution >= 4 is 27.3 Å². The molecule has 31 heavy (non-hydrogen) atoms. The number of anilines is 2. The largest absolute Gasteiger partial charge is 0.495 e. The van der Waals surface area contributed by atoms with Gasteiger partial charge in [0, 0.05) is 38.3 Å². The van der Waals surface area contributed by atoms with E-state index in [0.29, 0.717) is 24.4 Å². The Morgan fingerprint density at radius 3 is 2.42 bits per heavy atom. The maximum absolute atomic E-state index is 12.3. The smallest absolute Gasteiger partial charge is 0.232 e. The Morgan fingerprint density at radius 1 is 1.10 bits per heavy atom. The van der Waals surface area contributed by atoms with Crippen molar-refractivity contribution < 1.29 is 17.9 Å². The summed E-state index contributed by atoms with van der Waals surface area (Å²) in [7, 11) is -1.99. The van der Waals surface area contributed by atoms with E-state index in [1.165, 1.54) is 29.9 Å². The van der Waals surface area contributed by atoms with Crippen molar-refractivity contribution in [2.24, 2.45) is 0 Å². The zero-order valence-corrected chi connectivity index (χ0v) is 19.0. The topological polar surface area (TPSA) is 79.0 Å². The quantitative estimate of drug-likeness (QED) is 0.608. The molecule has 7 nitrogen and oxygen atoms in total. The molecule has 0 radical (unpaired) electrons. The minimum absolute atomic E-state index is 0.0999. The summed E-state index contributed by atoms with van der Waals surface area (Å²) < 4.78 is 31.1. The average Bonchev–Trinajstić information content (AvgIpc) is 3.30. The second kappa shape index (κ2) is 10.5. The number of sulfonamides is 1. The number of para-hydroxylation sites is 2. The van der Waals surface area contributed by atoms with Gasteiger partial charge < -0.3 is 15.0 Å². The minimum Gasteiger partial charge on any atom is -0.495 e. The molecule has 1 heterocycles. The lowest BCUT2D eigenvalue weighted by Gasteiger charge is -2.24. The molecule has 0 spiro atoms. The summed E-state index contributed by atoms with van der Waals surface area (Å²) in [6.07, 6.45) is 4.29. The molecule has 8 heteroatoms. The summed E-state index contributed by atoms with van der Waals surface area (Å²) in [5, 5.41) is 2.92. The van der Waals surface area contributed by atoms with Crippen molar-refractivity contribution in [3.8, 4) is 5.75 Å². The molecule has 1 N–H and O–H groups in total. The molecule has 168 valence electrons. The number of ether oxygens (including phenoxy) is 1. The van der Waals surface area contributed by atoms with Gasteiger partial charge in [-0.1, -0.05) is 24.3 Å². The Bertz CT molecular complexity index is 971. The van der Waals surface area contributed by atoms with E-state index in [1.807, 2.05) is 12.1 Å². The Labute approximate surface area is 185 Å².